The number of hydrogen-bond acceptors (Lipinski definition) is 2. The van der Waals surface area contributed by atoms with E-state index in [-0.39, 0.29) is 11.3 Å². The lowest BCUT2D eigenvalue weighted by Crippen LogP contribution is -2.03. The molecule has 0 heterocycles. The van der Waals surface area contributed by atoms with Crippen LogP contribution in [0.15, 0.2) is 24.3 Å². The fraction of sp³-hybridized carbons (Fsp3) is 0.182. The Labute approximate surface area is 93.2 Å². The Morgan fingerprint density at radius 2 is 2.27 bits per heavy atom. The molecule has 15 heavy (non-hydrogen) atoms. The fourth-order valence-corrected chi connectivity index (χ4v) is 1.31. The van der Waals surface area contributed by atoms with E-state index in [1.54, 1.807) is 18.2 Å². The third-order valence-corrected chi connectivity index (χ3v) is 2.16. The molecule has 3 nitrogen and oxygen atoms in total. The van der Waals surface area contributed by atoms with Crippen molar-refractivity contribution in [2.75, 3.05) is 11.6 Å². The molecule has 80 valence electrons. The van der Waals surface area contributed by atoms with E-state index in [9.17, 15) is 4.79 Å². The second-order valence-electron chi connectivity index (χ2n) is 2.99. The minimum Gasteiger partial charge on any atom is -0.478 e. The molecule has 0 aromatic heterocycles. The Balaban J connectivity index is 2.99. The van der Waals surface area contributed by atoms with Gasteiger partial charge < -0.3 is 10.8 Å². The molecule has 0 saturated heterocycles. The number of hydrogen-bond donors (Lipinski definition) is 2. The number of carboxylic acids is 1. The summed E-state index contributed by atoms with van der Waals surface area (Å²) in [6.07, 6.45) is 4.38. The highest BCUT2D eigenvalue weighted by Crippen LogP contribution is 2.19. The molecule has 0 spiro atoms. The predicted octanol–water partition coefficient (Wildman–Crippen LogP) is 2.61. The number of carbonyl (C=O) groups is 1. The second-order valence-corrected chi connectivity index (χ2v) is 3.37. The van der Waals surface area contributed by atoms with E-state index >= 15 is 0 Å². The van der Waals surface area contributed by atoms with Gasteiger partial charge in [0.2, 0.25) is 0 Å². The molecule has 0 fully saturated rings. The number of alkyl halides is 1. The highest BCUT2D eigenvalue weighted by molar-refractivity contribution is 6.17. The van der Waals surface area contributed by atoms with Gasteiger partial charge in [0.15, 0.2) is 0 Å². The molecule has 0 aliphatic rings. The Kier molecular flexibility index (Phi) is 4.18. The molecule has 0 amide bonds. The van der Waals surface area contributed by atoms with Gasteiger partial charge in [0, 0.05) is 5.88 Å². The number of nitrogens with two attached hydrogens (primary N) is 1. The SMILES string of the molecule is Nc1c(C=CCCCl)cccc1C(=O)O. The quantitative estimate of drug-likeness (QED) is 0.612. The zero-order valence-electron chi connectivity index (χ0n) is 8.11. The number of halogens is 1. The van der Waals surface area contributed by atoms with E-state index in [0.717, 1.165) is 6.42 Å². The minimum atomic E-state index is -1.01. The van der Waals surface area contributed by atoms with E-state index < -0.39 is 5.97 Å². The van der Waals surface area contributed by atoms with Crippen molar-refractivity contribution in [1.29, 1.82) is 0 Å². The van der Waals surface area contributed by atoms with Crippen LogP contribution < -0.4 is 5.73 Å². The molecule has 0 aliphatic heterocycles. The fourth-order valence-electron chi connectivity index (χ4n) is 1.19. The van der Waals surface area contributed by atoms with Gasteiger partial charge in [-0.3, -0.25) is 0 Å². The van der Waals surface area contributed by atoms with Gasteiger partial charge in [-0.15, -0.1) is 11.6 Å². The maximum Gasteiger partial charge on any atom is 0.337 e. The molecular formula is C11H12ClNO2. The van der Waals surface area contributed by atoms with Gasteiger partial charge in [-0.2, -0.15) is 0 Å². The first kappa shape index (κ1) is 11.6. The normalized spacial score (nSPS) is 10.7. The minimum absolute atomic E-state index is 0.128. The van der Waals surface area contributed by atoms with Gasteiger partial charge in [0.1, 0.15) is 0 Å². The Hall–Kier alpha value is -1.48. The predicted molar refractivity (Wildman–Crippen MR) is 62.2 cm³/mol. The summed E-state index contributed by atoms with van der Waals surface area (Å²) in [7, 11) is 0. The van der Waals surface area contributed by atoms with E-state index in [1.165, 1.54) is 6.07 Å². The molecule has 1 rings (SSSR count). The number of nitrogen functional groups attached to an aromatic ring is 1. The third kappa shape index (κ3) is 2.99. The van der Waals surface area contributed by atoms with Crippen LogP contribution in [0.3, 0.4) is 0 Å². The average Bonchev–Trinajstić information content (AvgIpc) is 2.20. The molecule has 0 aliphatic carbocycles. The smallest absolute Gasteiger partial charge is 0.337 e. The third-order valence-electron chi connectivity index (χ3n) is 1.94. The lowest BCUT2D eigenvalue weighted by atomic mass is 10.1. The molecule has 0 bridgehead atoms. The summed E-state index contributed by atoms with van der Waals surface area (Å²) in [6.45, 7) is 0. The molecule has 0 saturated carbocycles. The van der Waals surface area contributed by atoms with Crippen molar-refractivity contribution in [1.82, 2.24) is 0 Å². The van der Waals surface area contributed by atoms with Crippen LogP contribution >= 0.6 is 11.6 Å². The maximum atomic E-state index is 10.8. The summed E-state index contributed by atoms with van der Waals surface area (Å²) < 4.78 is 0. The lowest BCUT2D eigenvalue weighted by Gasteiger charge is -2.03. The van der Waals surface area contributed by atoms with Crippen molar-refractivity contribution in [2.45, 2.75) is 6.42 Å². The molecule has 0 unspecified atom stereocenters. The van der Waals surface area contributed by atoms with E-state index in [0.29, 0.717) is 11.4 Å². The number of allylic oxidation sites excluding steroid dienone is 1. The van der Waals surface area contributed by atoms with Gasteiger partial charge in [-0.1, -0.05) is 24.3 Å². The highest BCUT2D eigenvalue weighted by Gasteiger charge is 2.08. The second kappa shape index (κ2) is 5.41. The molecule has 1 aromatic carbocycles. The zero-order chi connectivity index (χ0) is 11.3. The summed E-state index contributed by atoms with van der Waals surface area (Å²) in [5.41, 5.74) is 6.83. The number of rotatable bonds is 4. The number of benzene rings is 1. The number of para-hydroxylation sites is 1. The topological polar surface area (TPSA) is 63.3 Å². The van der Waals surface area contributed by atoms with E-state index in [4.69, 9.17) is 22.4 Å². The molecule has 3 N–H and O–H groups in total. The van der Waals surface area contributed by atoms with E-state index in [1.807, 2.05) is 6.08 Å². The van der Waals surface area contributed by atoms with Crippen molar-refractivity contribution < 1.29 is 9.90 Å². The van der Waals surface area contributed by atoms with Crippen molar-refractivity contribution in [3.8, 4) is 0 Å². The van der Waals surface area contributed by atoms with Crippen LogP contribution in [0.2, 0.25) is 0 Å². The van der Waals surface area contributed by atoms with Crippen LogP contribution in [0.5, 0.6) is 0 Å². The van der Waals surface area contributed by atoms with Gasteiger partial charge in [0.25, 0.3) is 0 Å². The maximum absolute atomic E-state index is 10.8. The number of aromatic carboxylic acids is 1. The Bertz CT molecular complexity index is 388. The highest BCUT2D eigenvalue weighted by atomic mass is 35.5. The average molecular weight is 226 g/mol. The first-order valence-electron chi connectivity index (χ1n) is 4.51. The number of carboxylic acid groups (broad SMARTS) is 1. The summed E-state index contributed by atoms with van der Waals surface area (Å²) >= 11 is 5.51. The van der Waals surface area contributed by atoms with Crippen molar-refractivity contribution in [2.24, 2.45) is 0 Å². The summed E-state index contributed by atoms with van der Waals surface area (Å²) in [4.78, 5) is 10.8. The standard InChI is InChI=1S/C11H12ClNO2/c12-7-2-1-4-8-5-3-6-9(10(8)13)11(14)15/h1,3-6H,2,7,13H2,(H,14,15). The lowest BCUT2D eigenvalue weighted by molar-refractivity contribution is 0.0698. The first-order chi connectivity index (χ1) is 7.16. The Morgan fingerprint density at radius 3 is 2.87 bits per heavy atom. The Morgan fingerprint density at radius 1 is 1.53 bits per heavy atom. The van der Waals surface area contributed by atoms with Crippen molar-refractivity contribution in [3.05, 3.63) is 35.4 Å². The number of anilines is 1. The molecule has 0 atom stereocenters. The van der Waals surface area contributed by atoms with Crippen LogP contribution in [0.25, 0.3) is 6.08 Å². The van der Waals surface area contributed by atoms with Crippen LogP contribution in [0.1, 0.15) is 22.3 Å². The molecule has 1 aromatic rings. The van der Waals surface area contributed by atoms with Gasteiger partial charge in [-0.05, 0) is 18.1 Å². The summed E-state index contributed by atoms with van der Waals surface area (Å²) in [5, 5.41) is 8.84. The molecular weight excluding hydrogens is 214 g/mol. The van der Waals surface area contributed by atoms with Crippen molar-refractivity contribution >= 4 is 29.3 Å². The van der Waals surface area contributed by atoms with Crippen LogP contribution in [0.4, 0.5) is 5.69 Å². The zero-order valence-corrected chi connectivity index (χ0v) is 8.87. The van der Waals surface area contributed by atoms with Crippen molar-refractivity contribution in [3.63, 3.8) is 0 Å². The van der Waals surface area contributed by atoms with E-state index in [2.05, 4.69) is 0 Å². The largest absolute Gasteiger partial charge is 0.478 e. The molecule has 0 radical (unpaired) electrons. The monoisotopic (exact) mass is 225 g/mol. The van der Waals surface area contributed by atoms with Crippen LogP contribution in [-0.2, 0) is 0 Å². The van der Waals surface area contributed by atoms with Gasteiger partial charge in [-0.25, -0.2) is 4.79 Å². The van der Waals surface area contributed by atoms with Crippen LogP contribution in [0, 0.1) is 0 Å². The first-order valence-corrected chi connectivity index (χ1v) is 5.04. The van der Waals surface area contributed by atoms with Crippen LogP contribution in [-0.4, -0.2) is 17.0 Å². The summed E-state index contributed by atoms with van der Waals surface area (Å²) in [5.74, 6) is -0.477. The van der Waals surface area contributed by atoms with Gasteiger partial charge >= 0.3 is 5.97 Å². The molecule has 4 heteroatoms. The summed E-state index contributed by atoms with van der Waals surface area (Å²) in [6, 6.07) is 4.92. The van der Waals surface area contributed by atoms with Gasteiger partial charge in [0.05, 0.1) is 11.3 Å².